The van der Waals surface area contributed by atoms with E-state index in [2.05, 4.69) is 13.8 Å². The van der Waals surface area contributed by atoms with Crippen molar-refractivity contribution >= 4 is 21.9 Å². The number of aryl methyl sites for hydroxylation is 2. The van der Waals surface area contributed by atoms with E-state index < -0.39 is 0 Å². The van der Waals surface area contributed by atoms with E-state index in [4.69, 9.17) is 9.47 Å². The number of ether oxygens (including phenoxy) is 2. The van der Waals surface area contributed by atoms with Crippen molar-refractivity contribution in [1.29, 1.82) is 0 Å². The summed E-state index contributed by atoms with van der Waals surface area (Å²) in [7, 11) is 5.04. The number of methoxy groups -OCH3 is 2. The molecule has 7 heteroatoms. The number of aromatic nitrogens is 3. The Morgan fingerprint density at radius 2 is 1.55 bits per heavy atom. The molecule has 0 saturated heterocycles. The number of hydrogen-bond donors (Lipinski definition) is 0. The predicted molar refractivity (Wildman–Crippen MR) is 123 cm³/mol. The fraction of sp³-hybridized carbons (Fsp3) is 0.333. The Morgan fingerprint density at radius 1 is 0.903 bits per heavy atom. The van der Waals surface area contributed by atoms with Gasteiger partial charge in [0.25, 0.3) is 5.56 Å². The van der Waals surface area contributed by atoms with E-state index in [1.165, 1.54) is 4.57 Å². The minimum Gasteiger partial charge on any atom is -0.497 e. The summed E-state index contributed by atoms with van der Waals surface area (Å²) in [4.78, 5) is 27.2. The first-order valence-electron chi connectivity index (χ1n) is 10.3. The van der Waals surface area contributed by atoms with Crippen molar-refractivity contribution < 1.29 is 9.47 Å². The molecule has 162 valence electrons. The summed E-state index contributed by atoms with van der Waals surface area (Å²) >= 11 is 0. The van der Waals surface area contributed by atoms with Gasteiger partial charge in [0.15, 0.2) is 0 Å². The summed E-state index contributed by atoms with van der Waals surface area (Å²) in [5.41, 5.74) is 1.83. The molecule has 0 unspecified atom stereocenters. The number of hydrogen-bond acceptors (Lipinski definition) is 4. The predicted octanol–water partition coefficient (Wildman–Crippen LogP) is 3.71. The summed E-state index contributed by atoms with van der Waals surface area (Å²) in [6.45, 7) is 4.75. The van der Waals surface area contributed by atoms with Crippen LogP contribution in [-0.2, 0) is 13.6 Å². The highest BCUT2D eigenvalue weighted by Gasteiger charge is 2.21. The Labute approximate surface area is 180 Å². The van der Waals surface area contributed by atoms with Gasteiger partial charge in [-0.05, 0) is 54.8 Å². The topological polar surface area (TPSA) is 67.4 Å². The van der Waals surface area contributed by atoms with E-state index in [0.29, 0.717) is 40.7 Å². The highest BCUT2D eigenvalue weighted by Crippen LogP contribution is 2.29. The van der Waals surface area contributed by atoms with E-state index in [0.717, 1.165) is 17.3 Å². The Balaban J connectivity index is 2.13. The number of rotatable bonds is 6. The van der Waals surface area contributed by atoms with Crippen LogP contribution in [0.1, 0.15) is 20.3 Å². The molecule has 0 aliphatic heterocycles. The summed E-state index contributed by atoms with van der Waals surface area (Å²) < 4.78 is 15.5. The van der Waals surface area contributed by atoms with Gasteiger partial charge in [0.1, 0.15) is 17.0 Å². The Hall–Kier alpha value is -3.48. The van der Waals surface area contributed by atoms with Crippen LogP contribution in [0.3, 0.4) is 0 Å². The molecule has 2 heterocycles. The molecule has 7 nitrogen and oxygen atoms in total. The molecule has 2 aromatic carbocycles. The summed E-state index contributed by atoms with van der Waals surface area (Å²) in [5.74, 6) is 1.75. The van der Waals surface area contributed by atoms with Gasteiger partial charge in [0, 0.05) is 19.0 Å². The second-order valence-corrected chi connectivity index (χ2v) is 8.09. The zero-order valence-electron chi connectivity index (χ0n) is 18.5. The first-order valence-corrected chi connectivity index (χ1v) is 10.3. The fourth-order valence-electron chi connectivity index (χ4n) is 4.01. The average molecular weight is 421 g/mol. The first kappa shape index (κ1) is 20.8. The van der Waals surface area contributed by atoms with Gasteiger partial charge in [-0.1, -0.05) is 13.8 Å². The van der Waals surface area contributed by atoms with Crippen LogP contribution in [0.5, 0.6) is 11.5 Å². The molecule has 0 spiro atoms. The number of fused-ring (bicyclic) bond motifs is 3. The van der Waals surface area contributed by atoms with E-state index in [1.54, 1.807) is 43.1 Å². The molecule has 0 aliphatic rings. The van der Waals surface area contributed by atoms with Gasteiger partial charge < -0.3 is 14.0 Å². The lowest BCUT2D eigenvalue weighted by Crippen LogP contribution is -2.39. The van der Waals surface area contributed by atoms with Crippen LogP contribution in [0.4, 0.5) is 0 Å². The standard InChI is InChI=1S/C24H27N3O4/c1-15(2)12-13-26-21-19-14-18(31-5)10-11-20(19)25(3)22(21)23(28)27(24(26)29)16-6-8-17(30-4)9-7-16/h6-11,14-15H,12-13H2,1-5H3. The minimum atomic E-state index is -0.348. The Bertz CT molecular complexity index is 1370. The molecule has 4 aromatic rings. The van der Waals surface area contributed by atoms with Crippen molar-refractivity contribution in [2.75, 3.05) is 14.2 Å². The summed E-state index contributed by atoms with van der Waals surface area (Å²) in [6.07, 6.45) is 0.816. The molecule has 0 bridgehead atoms. The second-order valence-electron chi connectivity index (χ2n) is 8.09. The average Bonchev–Trinajstić information content (AvgIpc) is 3.06. The zero-order chi connectivity index (χ0) is 22.3. The van der Waals surface area contributed by atoms with Crippen molar-refractivity contribution in [1.82, 2.24) is 13.7 Å². The molecule has 2 aromatic heterocycles. The van der Waals surface area contributed by atoms with Crippen LogP contribution in [0.25, 0.3) is 27.6 Å². The van der Waals surface area contributed by atoms with Gasteiger partial charge in [-0.25, -0.2) is 9.36 Å². The maximum atomic E-state index is 13.6. The fourth-order valence-corrected chi connectivity index (χ4v) is 4.01. The Kier molecular flexibility index (Phi) is 5.35. The van der Waals surface area contributed by atoms with Gasteiger partial charge in [0.05, 0.1) is 30.9 Å². The van der Waals surface area contributed by atoms with Crippen LogP contribution in [0.15, 0.2) is 52.1 Å². The molecule has 0 radical (unpaired) electrons. The third kappa shape index (κ3) is 3.40. The van der Waals surface area contributed by atoms with Crippen LogP contribution in [-0.4, -0.2) is 27.9 Å². The van der Waals surface area contributed by atoms with Crippen LogP contribution < -0.4 is 20.7 Å². The molecule has 0 saturated carbocycles. The van der Waals surface area contributed by atoms with Gasteiger partial charge in [-0.3, -0.25) is 9.36 Å². The monoisotopic (exact) mass is 421 g/mol. The molecule has 0 fully saturated rings. The molecule has 0 aliphatic carbocycles. The summed E-state index contributed by atoms with van der Waals surface area (Å²) in [5, 5.41) is 0.830. The zero-order valence-corrected chi connectivity index (χ0v) is 18.5. The first-order chi connectivity index (χ1) is 14.9. The summed E-state index contributed by atoms with van der Waals surface area (Å²) in [6, 6.07) is 12.6. The van der Waals surface area contributed by atoms with Crippen molar-refractivity contribution in [2.45, 2.75) is 26.8 Å². The third-order valence-corrected chi connectivity index (χ3v) is 5.74. The molecular formula is C24H27N3O4. The van der Waals surface area contributed by atoms with Gasteiger partial charge in [-0.15, -0.1) is 0 Å². The lowest BCUT2D eigenvalue weighted by Gasteiger charge is -2.14. The number of nitrogens with zero attached hydrogens (tertiary/aromatic N) is 3. The normalized spacial score (nSPS) is 11.5. The van der Waals surface area contributed by atoms with E-state index in [9.17, 15) is 9.59 Å². The molecule has 0 atom stereocenters. The van der Waals surface area contributed by atoms with Crippen molar-refractivity contribution in [2.24, 2.45) is 13.0 Å². The molecule has 0 N–H and O–H groups in total. The van der Waals surface area contributed by atoms with Crippen LogP contribution in [0.2, 0.25) is 0 Å². The molecule has 0 amide bonds. The smallest absolute Gasteiger partial charge is 0.336 e. The van der Waals surface area contributed by atoms with Crippen molar-refractivity contribution in [3.05, 3.63) is 63.3 Å². The largest absolute Gasteiger partial charge is 0.497 e. The van der Waals surface area contributed by atoms with Gasteiger partial charge in [0.2, 0.25) is 0 Å². The maximum Gasteiger partial charge on any atom is 0.336 e. The van der Waals surface area contributed by atoms with Crippen LogP contribution >= 0.6 is 0 Å². The lowest BCUT2D eigenvalue weighted by atomic mass is 10.1. The molecular weight excluding hydrogens is 394 g/mol. The highest BCUT2D eigenvalue weighted by molar-refractivity contribution is 6.06. The van der Waals surface area contributed by atoms with E-state index in [1.807, 2.05) is 29.8 Å². The second kappa shape index (κ2) is 7.98. The van der Waals surface area contributed by atoms with Crippen molar-refractivity contribution in [3.63, 3.8) is 0 Å². The van der Waals surface area contributed by atoms with Crippen LogP contribution in [0, 0.1) is 5.92 Å². The third-order valence-electron chi connectivity index (χ3n) is 5.74. The Morgan fingerprint density at radius 3 is 2.16 bits per heavy atom. The van der Waals surface area contributed by atoms with E-state index >= 15 is 0 Å². The maximum absolute atomic E-state index is 13.6. The number of benzene rings is 2. The minimum absolute atomic E-state index is 0.344. The van der Waals surface area contributed by atoms with Gasteiger partial charge in [-0.2, -0.15) is 0 Å². The highest BCUT2D eigenvalue weighted by atomic mass is 16.5. The quantitative estimate of drug-likeness (QED) is 0.476. The molecule has 4 rings (SSSR count). The SMILES string of the molecule is COc1ccc(-n2c(=O)c3c(c4cc(OC)ccc4n3C)n(CCC(C)C)c2=O)cc1. The lowest BCUT2D eigenvalue weighted by molar-refractivity contribution is 0.414. The van der Waals surface area contributed by atoms with Crippen molar-refractivity contribution in [3.8, 4) is 17.2 Å². The van der Waals surface area contributed by atoms with E-state index in [-0.39, 0.29) is 11.2 Å². The molecule has 31 heavy (non-hydrogen) atoms. The van der Waals surface area contributed by atoms with Gasteiger partial charge >= 0.3 is 5.69 Å².